The molecular formula is C17H15BrN2O3. The van der Waals surface area contributed by atoms with E-state index in [1.165, 1.54) is 5.69 Å². The highest BCUT2D eigenvalue weighted by molar-refractivity contribution is 9.10. The fourth-order valence-electron chi connectivity index (χ4n) is 3.08. The first-order chi connectivity index (χ1) is 11.2. The summed E-state index contributed by atoms with van der Waals surface area (Å²) < 4.78 is 11.3. The second-order valence-corrected chi connectivity index (χ2v) is 6.36. The number of nitrogens with zero attached hydrogens (tertiary/aromatic N) is 1. The lowest BCUT2D eigenvalue weighted by atomic mass is 10.0. The van der Waals surface area contributed by atoms with E-state index in [2.05, 4.69) is 20.9 Å². The van der Waals surface area contributed by atoms with Gasteiger partial charge in [-0.15, -0.1) is 0 Å². The number of ether oxygens (including phenoxy) is 1. The Balaban J connectivity index is 1.69. The van der Waals surface area contributed by atoms with Crippen molar-refractivity contribution in [1.29, 1.82) is 0 Å². The van der Waals surface area contributed by atoms with Crippen LogP contribution in [0, 0.1) is 0 Å². The number of rotatable bonds is 2. The molecule has 0 atom stereocenters. The maximum atomic E-state index is 12.6. The number of fused-ring (bicyclic) bond motifs is 3. The lowest BCUT2D eigenvalue weighted by molar-refractivity contribution is 0.0701. The van der Waals surface area contributed by atoms with Gasteiger partial charge in [-0.05, 0) is 46.3 Å². The smallest absolute Gasteiger partial charge is 0.289 e. The fraction of sp³-hybridized carbons (Fsp3) is 0.235. The number of methoxy groups -OCH3 is 1. The van der Waals surface area contributed by atoms with E-state index in [4.69, 9.17) is 9.15 Å². The number of amides is 1. The molecule has 3 aromatic rings. The second-order valence-electron chi connectivity index (χ2n) is 5.57. The number of hydrogen-bond acceptors (Lipinski definition) is 3. The van der Waals surface area contributed by atoms with Crippen LogP contribution < -0.4 is 4.74 Å². The van der Waals surface area contributed by atoms with Gasteiger partial charge in [0.1, 0.15) is 5.75 Å². The normalized spacial score (nSPS) is 14.1. The van der Waals surface area contributed by atoms with Crippen LogP contribution >= 0.6 is 15.9 Å². The number of furan rings is 1. The summed E-state index contributed by atoms with van der Waals surface area (Å²) >= 11 is 3.24. The number of nitrogens with one attached hydrogen (secondary N) is 1. The number of halogens is 1. The monoisotopic (exact) mass is 374 g/mol. The molecule has 3 heterocycles. The van der Waals surface area contributed by atoms with E-state index in [0.717, 1.165) is 28.6 Å². The van der Waals surface area contributed by atoms with Crippen molar-refractivity contribution in [2.75, 3.05) is 13.7 Å². The van der Waals surface area contributed by atoms with Gasteiger partial charge in [-0.2, -0.15) is 0 Å². The van der Waals surface area contributed by atoms with E-state index in [1.54, 1.807) is 19.2 Å². The fourth-order valence-corrected chi connectivity index (χ4v) is 3.39. The Morgan fingerprint density at radius 1 is 1.35 bits per heavy atom. The molecule has 118 valence electrons. The molecule has 1 aromatic carbocycles. The highest BCUT2D eigenvalue weighted by atomic mass is 79.9. The standard InChI is InChI=1S/C17H15BrN2O3/c1-22-10-2-3-13-11(8-10)12-9-20(7-6-14(12)19-13)17(21)15-4-5-16(18)23-15/h2-5,8,19H,6-7,9H2,1H3. The third-order valence-electron chi connectivity index (χ3n) is 4.25. The Hall–Kier alpha value is -2.21. The molecular weight excluding hydrogens is 360 g/mol. The second kappa shape index (κ2) is 5.45. The van der Waals surface area contributed by atoms with Gasteiger partial charge >= 0.3 is 0 Å². The molecule has 0 unspecified atom stereocenters. The number of aromatic nitrogens is 1. The molecule has 1 aliphatic rings. The van der Waals surface area contributed by atoms with Crippen molar-refractivity contribution in [2.45, 2.75) is 13.0 Å². The molecule has 5 nitrogen and oxygen atoms in total. The average molecular weight is 375 g/mol. The third kappa shape index (κ3) is 2.43. The minimum absolute atomic E-state index is 0.0846. The minimum Gasteiger partial charge on any atom is -0.497 e. The van der Waals surface area contributed by atoms with Crippen LogP contribution in [0.1, 0.15) is 21.8 Å². The Bertz CT molecular complexity index is 897. The third-order valence-corrected chi connectivity index (χ3v) is 4.68. The van der Waals surface area contributed by atoms with Crippen molar-refractivity contribution < 1.29 is 13.9 Å². The average Bonchev–Trinajstić information content (AvgIpc) is 3.16. The molecule has 0 bridgehead atoms. The molecule has 23 heavy (non-hydrogen) atoms. The molecule has 1 N–H and O–H groups in total. The van der Waals surface area contributed by atoms with Crippen LogP contribution in [0.3, 0.4) is 0 Å². The Morgan fingerprint density at radius 2 is 2.22 bits per heavy atom. The predicted molar refractivity (Wildman–Crippen MR) is 89.7 cm³/mol. The van der Waals surface area contributed by atoms with E-state index in [1.807, 2.05) is 23.1 Å². The predicted octanol–water partition coefficient (Wildman–Crippen LogP) is 3.73. The zero-order valence-electron chi connectivity index (χ0n) is 12.6. The van der Waals surface area contributed by atoms with E-state index in [0.29, 0.717) is 23.5 Å². The van der Waals surface area contributed by atoms with Gasteiger partial charge in [0.05, 0.1) is 7.11 Å². The molecule has 0 spiro atoms. The quantitative estimate of drug-likeness (QED) is 0.743. The molecule has 0 radical (unpaired) electrons. The summed E-state index contributed by atoms with van der Waals surface area (Å²) in [6.45, 7) is 1.24. The number of carbonyl (C=O) groups is 1. The zero-order chi connectivity index (χ0) is 16.0. The van der Waals surface area contributed by atoms with Gasteiger partial charge in [0.2, 0.25) is 0 Å². The summed E-state index contributed by atoms with van der Waals surface area (Å²) in [7, 11) is 1.66. The molecule has 2 aromatic heterocycles. The van der Waals surface area contributed by atoms with Crippen LogP contribution in [-0.2, 0) is 13.0 Å². The number of carbonyl (C=O) groups excluding carboxylic acids is 1. The van der Waals surface area contributed by atoms with Gasteiger partial charge in [-0.3, -0.25) is 4.79 Å². The van der Waals surface area contributed by atoms with Crippen LogP contribution in [0.5, 0.6) is 5.75 Å². The molecule has 0 saturated carbocycles. The molecule has 4 rings (SSSR count). The summed E-state index contributed by atoms with van der Waals surface area (Å²) in [6.07, 6.45) is 0.806. The van der Waals surface area contributed by atoms with Gasteiger partial charge in [0.25, 0.3) is 5.91 Å². The van der Waals surface area contributed by atoms with Gasteiger partial charge < -0.3 is 19.0 Å². The molecule has 1 amide bonds. The lowest BCUT2D eigenvalue weighted by Gasteiger charge is -2.26. The summed E-state index contributed by atoms with van der Waals surface area (Å²) in [4.78, 5) is 17.8. The summed E-state index contributed by atoms with van der Waals surface area (Å²) in [6, 6.07) is 9.40. The first-order valence-electron chi connectivity index (χ1n) is 7.38. The maximum absolute atomic E-state index is 12.6. The molecule has 6 heteroatoms. The van der Waals surface area contributed by atoms with Crippen LogP contribution in [0.2, 0.25) is 0 Å². The summed E-state index contributed by atoms with van der Waals surface area (Å²) in [5.41, 5.74) is 3.42. The van der Waals surface area contributed by atoms with Crippen molar-refractivity contribution >= 4 is 32.7 Å². The van der Waals surface area contributed by atoms with Gasteiger partial charge in [0.15, 0.2) is 10.4 Å². The topological polar surface area (TPSA) is 58.5 Å². The Labute approximate surface area is 141 Å². The SMILES string of the molecule is COc1ccc2[nH]c3c(c2c1)CN(C(=O)c1ccc(Br)o1)CC3. The Morgan fingerprint density at radius 3 is 2.96 bits per heavy atom. The van der Waals surface area contributed by atoms with E-state index in [-0.39, 0.29) is 5.91 Å². The van der Waals surface area contributed by atoms with Crippen molar-refractivity contribution in [1.82, 2.24) is 9.88 Å². The summed E-state index contributed by atoms with van der Waals surface area (Å²) in [5.74, 6) is 1.09. The van der Waals surface area contributed by atoms with E-state index >= 15 is 0 Å². The van der Waals surface area contributed by atoms with E-state index in [9.17, 15) is 4.79 Å². The van der Waals surface area contributed by atoms with Crippen molar-refractivity contribution in [3.63, 3.8) is 0 Å². The van der Waals surface area contributed by atoms with Crippen LogP contribution in [0.25, 0.3) is 10.9 Å². The van der Waals surface area contributed by atoms with Crippen LogP contribution in [-0.4, -0.2) is 29.4 Å². The minimum atomic E-state index is -0.0846. The number of aromatic amines is 1. The number of benzene rings is 1. The first kappa shape index (κ1) is 14.4. The van der Waals surface area contributed by atoms with E-state index < -0.39 is 0 Å². The maximum Gasteiger partial charge on any atom is 0.289 e. The zero-order valence-corrected chi connectivity index (χ0v) is 14.1. The lowest BCUT2D eigenvalue weighted by Crippen LogP contribution is -2.35. The van der Waals surface area contributed by atoms with Gasteiger partial charge in [-0.1, -0.05) is 0 Å². The van der Waals surface area contributed by atoms with Crippen LogP contribution in [0.15, 0.2) is 39.4 Å². The highest BCUT2D eigenvalue weighted by Crippen LogP contribution is 2.31. The molecule has 0 aliphatic carbocycles. The van der Waals surface area contributed by atoms with Crippen molar-refractivity contribution in [3.8, 4) is 5.75 Å². The van der Waals surface area contributed by atoms with Gasteiger partial charge in [-0.25, -0.2) is 0 Å². The largest absolute Gasteiger partial charge is 0.497 e. The summed E-state index contributed by atoms with van der Waals surface area (Å²) in [5, 5.41) is 1.11. The van der Waals surface area contributed by atoms with Crippen molar-refractivity contribution in [3.05, 3.63) is 52.0 Å². The molecule has 0 fully saturated rings. The van der Waals surface area contributed by atoms with Crippen LogP contribution in [0.4, 0.5) is 0 Å². The number of H-pyrrole nitrogens is 1. The Kier molecular flexibility index (Phi) is 3.41. The van der Waals surface area contributed by atoms with Crippen molar-refractivity contribution in [2.24, 2.45) is 0 Å². The molecule has 1 aliphatic heterocycles. The molecule has 0 saturated heterocycles. The first-order valence-corrected chi connectivity index (χ1v) is 8.17. The van der Waals surface area contributed by atoms with Gasteiger partial charge in [0, 0.05) is 41.7 Å². The highest BCUT2D eigenvalue weighted by Gasteiger charge is 2.26. The number of hydrogen-bond donors (Lipinski definition) is 1.